The summed E-state index contributed by atoms with van der Waals surface area (Å²) in [4.78, 5) is 0. The van der Waals surface area contributed by atoms with Gasteiger partial charge < -0.3 is 9.39 Å². The van der Waals surface area contributed by atoms with Crippen molar-refractivity contribution in [2.45, 2.75) is 0 Å². The van der Waals surface area contributed by atoms with Gasteiger partial charge in [-0.25, -0.2) is 0 Å². The summed E-state index contributed by atoms with van der Waals surface area (Å²) in [5, 5.41) is 11.7. The van der Waals surface area contributed by atoms with Crippen LogP contribution in [0.5, 0.6) is 0 Å². The summed E-state index contributed by atoms with van der Waals surface area (Å²) in [5.41, 5.74) is 0. The first-order chi connectivity index (χ1) is 3.39. The molecule has 0 unspecified atom stereocenters. The lowest BCUT2D eigenvalue weighted by atomic mass is 11.0. The number of hydrogen-bond donors (Lipinski definition) is 0. The third-order valence-corrected chi connectivity index (χ3v) is 0.896. The molecule has 0 saturated heterocycles. The van der Waals surface area contributed by atoms with Gasteiger partial charge in [0.05, 0.1) is 17.5 Å². The maximum absolute atomic E-state index is 10.1. The molecule has 0 spiro atoms. The van der Waals surface area contributed by atoms with E-state index < -0.39 is 0 Å². The van der Waals surface area contributed by atoms with Gasteiger partial charge in [-0.3, -0.25) is 0 Å². The van der Waals surface area contributed by atoms with E-state index in [1.807, 2.05) is 0 Å². The molecule has 1 aliphatic heterocycles. The molecule has 0 fully saturated rings. The van der Waals surface area contributed by atoms with E-state index in [9.17, 15) is 5.21 Å². The second kappa shape index (κ2) is 1.88. The van der Waals surface area contributed by atoms with E-state index in [0.29, 0.717) is 4.74 Å². The average molecular weight is 117 g/mol. The molecule has 0 aromatic heterocycles. The topological polar surface area (TPSA) is 35.3 Å². The van der Waals surface area contributed by atoms with Crippen LogP contribution in [0, 0.1) is 5.21 Å². The fourth-order valence-corrected chi connectivity index (χ4v) is 0.588. The van der Waals surface area contributed by atoms with Crippen LogP contribution in [0.25, 0.3) is 0 Å². The van der Waals surface area contributed by atoms with Crippen LogP contribution >= 0.6 is 12.0 Å². The van der Waals surface area contributed by atoms with Crippen molar-refractivity contribution < 1.29 is 8.92 Å². The standard InChI is InChI=1S/C3H3NO2S/c5-4-1-2-7-6-3-4/h1-3H. The number of hydroxylamine groups is 1. The zero-order chi connectivity index (χ0) is 5.11. The SMILES string of the molecule is [O-][N+]1=COSC=C1. The van der Waals surface area contributed by atoms with Gasteiger partial charge in [-0.15, -0.1) is 4.74 Å². The van der Waals surface area contributed by atoms with Crippen LogP contribution < -0.4 is 0 Å². The van der Waals surface area contributed by atoms with Gasteiger partial charge in [0.1, 0.15) is 0 Å². The predicted molar refractivity (Wildman–Crippen MR) is 27.5 cm³/mol. The molecule has 1 heterocycles. The molecule has 7 heavy (non-hydrogen) atoms. The molecule has 0 aromatic carbocycles. The Morgan fingerprint density at radius 2 is 2.57 bits per heavy atom. The molecule has 1 rings (SSSR count). The Morgan fingerprint density at radius 3 is 2.86 bits per heavy atom. The highest BCUT2D eigenvalue weighted by Gasteiger charge is 1.92. The van der Waals surface area contributed by atoms with Crippen LogP contribution in [-0.2, 0) is 4.18 Å². The highest BCUT2D eigenvalue weighted by Crippen LogP contribution is 2.04. The fourth-order valence-electron chi connectivity index (χ4n) is 0.219. The fraction of sp³-hybridized carbons (Fsp3) is 0. The van der Waals surface area contributed by atoms with Crippen molar-refractivity contribution in [3.8, 4) is 0 Å². The average Bonchev–Trinajstić information content (AvgIpc) is 1.69. The molecule has 0 atom stereocenters. The molecule has 4 heteroatoms. The Balaban J connectivity index is 2.58. The summed E-state index contributed by atoms with van der Waals surface area (Å²) < 4.78 is 5.09. The Morgan fingerprint density at radius 1 is 1.71 bits per heavy atom. The van der Waals surface area contributed by atoms with E-state index in [2.05, 4.69) is 4.18 Å². The molecule has 0 aliphatic carbocycles. The van der Waals surface area contributed by atoms with E-state index in [1.54, 1.807) is 5.41 Å². The van der Waals surface area contributed by atoms with Crippen LogP contribution in [0.3, 0.4) is 0 Å². The summed E-state index contributed by atoms with van der Waals surface area (Å²) in [5.74, 6) is 0. The first-order valence-electron chi connectivity index (χ1n) is 1.67. The molecule has 0 aromatic rings. The van der Waals surface area contributed by atoms with E-state index in [0.717, 1.165) is 18.4 Å². The maximum Gasteiger partial charge on any atom is 0.353 e. The van der Waals surface area contributed by atoms with Crippen molar-refractivity contribution in [3.63, 3.8) is 0 Å². The summed E-state index contributed by atoms with van der Waals surface area (Å²) in [6, 6.07) is 0. The number of nitrogens with zero attached hydrogens (tertiary/aromatic N) is 1. The van der Waals surface area contributed by atoms with Gasteiger partial charge in [0.2, 0.25) is 0 Å². The Hall–Kier alpha value is -0.640. The smallest absolute Gasteiger partial charge is 0.353 e. The minimum atomic E-state index is 0.594. The summed E-state index contributed by atoms with van der Waals surface area (Å²) in [7, 11) is 0. The van der Waals surface area contributed by atoms with Crippen LogP contribution in [0.2, 0.25) is 0 Å². The first kappa shape index (κ1) is 4.52. The lowest BCUT2D eigenvalue weighted by Crippen LogP contribution is -1.97. The Bertz CT molecular complexity index is 120. The summed E-state index contributed by atoms with van der Waals surface area (Å²) in [6.45, 7) is 0. The van der Waals surface area contributed by atoms with Crippen molar-refractivity contribution in [3.05, 3.63) is 16.8 Å². The maximum atomic E-state index is 10.1. The third kappa shape index (κ3) is 1.12. The van der Waals surface area contributed by atoms with Gasteiger partial charge in [-0.2, -0.15) is 0 Å². The molecule has 38 valence electrons. The van der Waals surface area contributed by atoms with Crippen molar-refractivity contribution in [1.29, 1.82) is 0 Å². The minimum absolute atomic E-state index is 0.594. The predicted octanol–water partition coefficient (Wildman–Crippen LogP) is 0.675. The van der Waals surface area contributed by atoms with Gasteiger partial charge >= 0.3 is 6.40 Å². The van der Waals surface area contributed by atoms with E-state index >= 15 is 0 Å². The first-order valence-corrected chi connectivity index (χ1v) is 2.48. The van der Waals surface area contributed by atoms with Gasteiger partial charge in [0, 0.05) is 0 Å². The molecule has 0 amide bonds. The van der Waals surface area contributed by atoms with Gasteiger partial charge in [-0.1, -0.05) is 0 Å². The lowest BCUT2D eigenvalue weighted by Gasteiger charge is -1.97. The molecule has 1 aliphatic rings. The van der Waals surface area contributed by atoms with Crippen molar-refractivity contribution >= 4 is 18.4 Å². The van der Waals surface area contributed by atoms with Crippen LogP contribution in [-0.4, -0.2) is 11.1 Å². The van der Waals surface area contributed by atoms with Crippen LogP contribution in [0.15, 0.2) is 11.6 Å². The number of rotatable bonds is 0. The number of hydrogen-bond acceptors (Lipinski definition) is 3. The summed E-state index contributed by atoms with van der Waals surface area (Å²) >= 11 is 1.12. The lowest BCUT2D eigenvalue weighted by molar-refractivity contribution is -0.381. The zero-order valence-electron chi connectivity index (χ0n) is 3.40. The van der Waals surface area contributed by atoms with E-state index in [-0.39, 0.29) is 0 Å². The van der Waals surface area contributed by atoms with Gasteiger partial charge in [-0.05, 0) is 0 Å². The second-order valence-corrected chi connectivity index (χ2v) is 1.60. The Kier molecular flexibility index (Phi) is 1.21. The third-order valence-electron chi connectivity index (χ3n) is 0.466. The monoisotopic (exact) mass is 117 g/mol. The van der Waals surface area contributed by atoms with E-state index in [1.165, 1.54) is 6.20 Å². The van der Waals surface area contributed by atoms with Crippen molar-refractivity contribution in [2.75, 3.05) is 0 Å². The molecular weight excluding hydrogens is 114 g/mol. The normalized spacial score (nSPS) is 18.0. The molecule has 3 nitrogen and oxygen atoms in total. The molecule has 0 radical (unpaired) electrons. The zero-order valence-corrected chi connectivity index (χ0v) is 4.22. The van der Waals surface area contributed by atoms with Crippen molar-refractivity contribution in [2.24, 2.45) is 0 Å². The van der Waals surface area contributed by atoms with Gasteiger partial charge in [0.15, 0.2) is 6.20 Å². The highest BCUT2D eigenvalue weighted by atomic mass is 32.2. The van der Waals surface area contributed by atoms with Gasteiger partial charge in [0.25, 0.3) is 0 Å². The minimum Gasteiger partial charge on any atom is -0.616 e. The van der Waals surface area contributed by atoms with Crippen LogP contribution in [0.4, 0.5) is 0 Å². The quantitative estimate of drug-likeness (QED) is 0.266. The molecule has 0 N–H and O–H groups in total. The van der Waals surface area contributed by atoms with E-state index in [4.69, 9.17) is 0 Å². The van der Waals surface area contributed by atoms with Crippen LogP contribution in [0.1, 0.15) is 0 Å². The molecule has 0 saturated carbocycles. The largest absolute Gasteiger partial charge is 0.616 e. The molecule has 0 bridgehead atoms. The van der Waals surface area contributed by atoms with Crippen molar-refractivity contribution in [1.82, 2.24) is 0 Å². The summed E-state index contributed by atoms with van der Waals surface area (Å²) in [6.07, 6.45) is 2.46. The molecular formula is C3H3NO2S. The Labute approximate surface area is 45.1 Å². The highest BCUT2D eigenvalue weighted by molar-refractivity contribution is 7.97. The second-order valence-electron chi connectivity index (χ2n) is 0.943.